The second kappa shape index (κ2) is 7.43. The third-order valence-corrected chi connectivity index (χ3v) is 7.43. The van der Waals surface area contributed by atoms with Crippen LogP contribution in [0.3, 0.4) is 0 Å². The number of aliphatic imine (C=N–C) groups is 2. The van der Waals surface area contributed by atoms with Crippen LogP contribution in [0.25, 0.3) is 0 Å². The maximum Gasteiger partial charge on any atom is 0.228 e. The molecule has 6 rings (SSSR count). The van der Waals surface area contributed by atoms with E-state index in [-0.39, 0.29) is 5.92 Å². The van der Waals surface area contributed by atoms with Crippen LogP contribution in [0.1, 0.15) is 6.42 Å². The van der Waals surface area contributed by atoms with E-state index < -0.39 is 12.5 Å². The first-order valence-electron chi connectivity index (χ1n) is 11.2. The molecule has 0 saturated heterocycles. The molecule has 8 atom stereocenters. The lowest BCUT2D eigenvalue weighted by Gasteiger charge is -2.49. The van der Waals surface area contributed by atoms with Gasteiger partial charge in [-0.25, -0.2) is 9.98 Å². The monoisotopic (exact) mass is 413 g/mol. The lowest BCUT2D eigenvalue weighted by atomic mass is 9.55. The fraction of sp³-hybridized carbons (Fsp3) is 0.385. The number of amidine groups is 2. The number of hydrogen-bond acceptors (Lipinski definition) is 5. The van der Waals surface area contributed by atoms with Crippen molar-refractivity contribution in [1.82, 2.24) is 5.32 Å². The lowest BCUT2D eigenvalue weighted by Crippen LogP contribution is -2.47. The molecular weight excluding hydrogens is 386 g/mol. The number of nitrogens with one attached hydrogen (secondary N) is 1. The van der Waals surface area contributed by atoms with Gasteiger partial charge in [-0.2, -0.15) is 0 Å². The van der Waals surface area contributed by atoms with E-state index in [1.165, 1.54) is 11.1 Å². The Hall–Kier alpha value is -2.76. The molecule has 31 heavy (non-hydrogen) atoms. The number of aliphatic hydroxyl groups excluding tert-OH is 1. The van der Waals surface area contributed by atoms with Gasteiger partial charge in [0, 0.05) is 18.9 Å². The van der Waals surface area contributed by atoms with E-state index >= 15 is 0 Å². The van der Waals surface area contributed by atoms with Gasteiger partial charge in [0.05, 0.1) is 12.0 Å². The molecule has 0 bridgehead atoms. The topological polar surface area (TPSA) is 66.2 Å². The van der Waals surface area contributed by atoms with Crippen molar-refractivity contribution in [1.29, 1.82) is 0 Å². The van der Waals surface area contributed by atoms with Crippen molar-refractivity contribution < 1.29 is 9.84 Å². The minimum atomic E-state index is -0.630. The summed E-state index contributed by atoms with van der Waals surface area (Å²) >= 11 is 0. The summed E-state index contributed by atoms with van der Waals surface area (Å²) in [4.78, 5) is 9.52. The molecule has 0 aromatic rings. The molecule has 2 N–H and O–H groups in total. The van der Waals surface area contributed by atoms with Crippen LogP contribution in [0.2, 0.25) is 0 Å². The zero-order valence-corrected chi connectivity index (χ0v) is 17.5. The Labute approximate surface area is 182 Å². The summed E-state index contributed by atoms with van der Waals surface area (Å²) in [6.45, 7) is 0. The number of rotatable bonds is 3. The normalized spacial score (nSPS) is 41.6. The van der Waals surface area contributed by atoms with E-state index in [0.717, 1.165) is 12.3 Å². The Balaban J connectivity index is 1.38. The molecule has 5 aliphatic carbocycles. The summed E-state index contributed by atoms with van der Waals surface area (Å²) < 4.78 is 5.56. The zero-order valence-electron chi connectivity index (χ0n) is 17.5. The van der Waals surface area contributed by atoms with Gasteiger partial charge in [-0.1, -0.05) is 72.9 Å². The van der Waals surface area contributed by atoms with Gasteiger partial charge in [0.1, 0.15) is 11.7 Å². The van der Waals surface area contributed by atoms with Crippen LogP contribution in [-0.4, -0.2) is 36.3 Å². The van der Waals surface area contributed by atoms with Gasteiger partial charge in [0.2, 0.25) is 6.35 Å². The fourth-order valence-corrected chi connectivity index (χ4v) is 5.98. The minimum absolute atomic E-state index is 0.265. The second-order valence-electron chi connectivity index (χ2n) is 9.03. The van der Waals surface area contributed by atoms with Crippen molar-refractivity contribution in [3.05, 3.63) is 84.1 Å². The molecule has 5 heteroatoms. The van der Waals surface area contributed by atoms with Crippen LogP contribution in [0.15, 0.2) is 94.0 Å². The van der Waals surface area contributed by atoms with Crippen LogP contribution in [0.5, 0.6) is 0 Å². The third kappa shape index (κ3) is 3.07. The highest BCUT2D eigenvalue weighted by molar-refractivity contribution is 6.09. The average Bonchev–Trinajstić information content (AvgIpc) is 2.82. The zero-order chi connectivity index (χ0) is 20.9. The van der Waals surface area contributed by atoms with Gasteiger partial charge in [0.15, 0.2) is 0 Å². The van der Waals surface area contributed by atoms with Crippen LogP contribution >= 0.6 is 0 Å². The number of allylic oxidation sites excluding steroid dienone is 11. The van der Waals surface area contributed by atoms with Gasteiger partial charge in [-0.05, 0) is 35.3 Å². The highest BCUT2D eigenvalue weighted by Gasteiger charge is 2.47. The largest absolute Gasteiger partial charge is 0.388 e. The van der Waals surface area contributed by atoms with Crippen molar-refractivity contribution in [3.8, 4) is 0 Å². The van der Waals surface area contributed by atoms with E-state index in [9.17, 15) is 5.11 Å². The van der Waals surface area contributed by atoms with Crippen molar-refractivity contribution in [2.75, 3.05) is 7.11 Å². The summed E-state index contributed by atoms with van der Waals surface area (Å²) in [5.74, 6) is 3.57. The first-order valence-corrected chi connectivity index (χ1v) is 11.2. The van der Waals surface area contributed by atoms with E-state index in [1.807, 2.05) is 18.2 Å². The van der Waals surface area contributed by atoms with Crippen LogP contribution < -0.4 is 5.32 Å². The van der Waals surface area contributed by atoms with Crippen LogP contribution in [0, 0.1) is 35.5 Å². The molecule has 0 amide bonds. The van der Waals surface area contributed by atoms with Crippen molar-refractivity contribution in [2.45, 2.75) is 18.9 Å². The summed E-state index contributed by atoms with van der Waals surface area (Å²) in [5.41, 5.74) is 2.67. The molecule has 0 saturated carbocycles. The predicted octanol–water partition coefficient (Wildman–Crippen LogP) is 3.47. The number of nitrogens with zero attached hydrogens (tertiary/aromatic N) is 2. The summed E-state index contributed by atoms with van der Waals surface area (Å²) in [5, 5.41) is 13.8. The van der Waals surface area contributed by atoms with Crippen molar-refractivity contribution >= 4 is 11.7 Å². The van der Waals surface area contributed by atoms with Gasteiger partial charge in [-0.15, -0.1) is 0 Å². The summed E-state index contributed by atoms with van der Waals surface area (Å²) in [6, 6.07) is 0. The molecular formula is C26H27N3O2. The molecule has 0 spiro atoms. The van der Waals surface area contributed by atoms with Crippen molar-refractivity contribution in [3.63, 3.8) is 0 Å². The van der Waals surface area contributed by atoms with E-state index in [1.54, 1.807) is 13.2 Å². The van der Waals surface area contributed by atoms with Gasteiger partial charge < -0.3 is 15.2 Å². The number of methoxy groups -OCH3 is 1. The Kier molecular flexibility index (Phi) is 4.55. The standard InChI is InChI=1S/C26H27N3O2/c1-31-26-28-24(27-25(29-26)20-7-2-3-8-21(20)30)19-14-12-17-10-9-15-5-4-6-16-11-13-18(19)23(17)22(15)16/h2-11,13-15,17-18,20-23,26,30H,12H2,1H3,(H,27,28,29). The molecule has 6 aliphatic rings. The smallest absolute Gasteiger partial charge is 0.228 e. The Bertz CT molecular complexity index is 1050. The van der Waals surface area contributed by atoms with E-state index in [2.05, 4.69) is 58.9 Å². The predicted molar refractivity (Wildman–Crippen MR) is 122 cm³/mol. The third-order valence-electron chi connectivity index (χ3n) is 7.43. The van der Waals surface area contributed by atoms with Crippen LogP contribution in [-0.2, 0) is 4.74 Å². The quantitative estimate of drug-likeness (QED) is 0.697. The molecule has 1 heterocycles. The maximum absolute atomic E-state index is 10.5. The summed E-state index contributed by atoms with van der Waals surface area (Å²) in [6.07, 6.45) is 26.0. The highest BCUT2D eigenvalue weighted by atomic mass is 16.5. The first-order chi connectivity index (χ1) is 15.2. The molecule has 0 aromatic carbocycles. The van der Waals surface area contributed by atoms with Gasteiger partial charge in [-0.3, -0.25) is 0 Å². The Morgan fingerprint density at radius 2 is 1.94 bits per heavy atom. The second-order valence-corrected chi connectivity index (χ2v) is 9.03. The van der Waals surface area contributed by atoms with Gasteiger partial charge >= 0.3 is 0 Å². The van der Waals surface area contributed by atoms with Crippen molar-refractivity contribution in [2.24, 2.45) is 45.5 Å². The van der Waals surface area contributed by atoms with Gasteiger partial charge in [0.25, 0.3) is 0 Å². The molecule has 5 nitrogen and oxygen atoms in total. The first kappa shape index (κ1) is 19.0. The number of ether oxygens (including phenoxy) is 1. The van der Waals surface area contributed by atoms with E-state index in [0.29, 0.717) is 35.4 Å². The van der Waals surface area contributed by atoms with Crippen LogP contribution in [0.4, 0.5) is 0 Å². The highest BCUT2D eigenvalue weighted by Crippen LogP contribution is 2.53. The molecule has 1 aliphatic heterocycles. The molecule has 8 unspecified atom stereocenters. The average molecular weight is 414 g/mol. The molecule has 0 fully saturated rings. The minimum Gasteiger partial charge on any atom is -0.388 e. The summed E-state index contributed by atoms with van der Waals surface area (Å²) in [7, 11) is 1.64. The molecule has 158 valence electrons. The molecule has 0 aromatic heterocycles. The lowest BCUT2D eigenvalue weighted by molar-refractivity contribution is 0.0955. The Morgan fingerprint density at radius 1 is 1.03 bits per heavy atom. The molecule has 0 radical (unpaired) electrons. The van der Waals surface area contributed by atoms with E-state index in [4.69, 9.17) is 9.73 Å². The number of hydrogen-bond donors (Lipinski definition) is 2. The maximum atomic E-state index is 10.5. The fourth-order valence-electron chi connectivity index (χ4n) is 5.98. The Morgan fingerprint density at radius 3 is 2.81 bits per heavy atom. The SMILES string of the molecule is COC1N=C(C2C=CC=CC2O)N=C(C2=CCC3C=CC4C=CC=C5C=CC2C3C54)N1. The number of aliphatic hydroxyl groups is 1.